The first-order valence-corrected chi connectivity index (χ1v) is 10.0. The van der Waals surface area contributed by atoms with Crippen LogP contribution in [0, 0.1) is 5.92 Å². The Morgan fingerprint density at radius 1 is 1.27 bits per heavy atom. The number of primary amides is 1. The van der Waals surface area contributed by atoms with Crippen LogP contribution in [0.2, 0.25) is 0 Å². The maximum Gasteiger partial charge on any atom is 0.318 e. The average Bonchev–Trinajstić information content (AvgIpc) is 2.72. The van der Waals surface area contributed by atoms with Crippen molar-refractivity contribution >= 4 is 23.8 Å². The van der Waals surface area contributed by atoms with Crippen LogP contribution < -0.4 is 15.8 Å². The molecule has 1 aliphatic heterocycles. The van der Waals surface area contributed by atoms with E-state index >= 15 is 0 Å². The number of amides is 4. The number of ether oxygens (including phenoxy) is 2. The number of hydrogen-bond acceptors (Lipinski definition) is 6. The smallest absolute Gasteiger partial charge is 0.318 e. The molecule has 9 nitrogen and oxygen atoms in total. The molecule has 0 aromatic heterocycles. The van der Waals surface area contributed by atoms with E-state index in [9.17, 15) is 19.2 Å². The van der Waals surface area contributed by atoms with Crippen molar-refractivity contribution in [2.75, 3.05) is 13.7 Å². The van der Waals surface area contributed by atoms with Gasteiger partial charge in [-0.2, -0.15) is 0 Å². The summed E-state index contributed by atoms with van der Waals surface area (Å²) in [4.78, 5) is 50.1. The van der Waals surface area contributed by atoms with Crippen LogP contribution in [-0.4, -0.2) is 48.5 Å². The lowest BCUT2D eigenvalue weighted by atomic mass is 9.84. The summed E-state index contributed by atoms with van der Waals surface area (Å²) < 4.78 is 10.5. The van der Waals surface area contributed by atoms with E-state index in [0.29, 0.717) is 18.7 Å². The highest BCUT2D eigenvalue weighted by atomic mass is 16.5. The first kappa shape index (κ1) is 23.2. The molecular weight excluding hydrogens is 390 g/mol. The fraction of sp³-hybridized carbons (Fsp3) is 0.524. The zero-order chi connectivity index (χ0) is 22.3. The Morgan fingerprint density at radius 2 is 1.93 bits per heavy atom. The Bertz CT molecular complexity index is 779. The summed E-state index contributed by atoms with van der Waals surface area (Å²) in [5.74, 6) is -1.40. The molecular formula is C21H29N3O6. The third-order valence-corrected chi connectivity index (χ3v) is 5.13. The van der Waals surface area contributed by atoms with Crippen molar-refractivity contribution in [3.8, 4) is 5.75 Å². The molecule has 164 valence electrons. The number of rotatable bonds is 8. The highest BCUT2D eigenvalue weighted by molar-refractivity contribution is 5.96. The van der Waals surface area contributed by atoms with Gasteiger partial charge in [0.1, 0.15) is 5.75 Å². The van der Waals surface area contributed by atoms with E-state index in [4.69, 9.17) is 15.2 Å². The van der Waals surface area contributed by atoms with E-state index in [1.807, 2.05) is 24.4 Å². The Hall–Kier alpha value is -3.10. The van der Waals surface area contributed by atoms with Crippen LogP contribution >= 0.6 is 0 Å². The number of likely N-dealkylation sites (tertiary alicyclic amines) is 1. The summed E-state index contributed by atoms with van der Waals surface area (Å²) >= 11 is 0. The molecule has 0 saturated carbocycles. The molecule has 0 unspecified atom stereocenters. The predicted molar refractivity (Wildman–Crippen MR) is 108 cm³/mol. The van der Waals surface area contributed by atoms with Crippen LogP contribution in [0.1, 0.15) is 51.1 Å². The van der Waals surface area contributed by atoms with Gasteiger partial charge in [0.05, 0.1) is 19.1 Å². The first-order valence-electron chi connectivity index (χ1n) is 10.0. The van der Waals surface area contributed by atoms with Gasteiger partial charge >= 0.3 is 12.0 Å². The van der Waals surface area contributed by atoms with E-state index in [0.717, 1.165) is 18.4 Å². The molecule has 0 spiro atoms. The predicted octanol–water partition coefficient (Wildman–Crippen LogP) is 1.90. The summed E-state index contributed by atoms with van der Waals surface area (Å²) in [5, 5.41) is 1.89. The Balaban J connectivity index is 2.29. The number of carbonyl (C=O) groups is 4. The maximum absolute atomic E-state index is 13.0. The van der Waals surface area contributed by atoms with Crippen molar-refractivity contribution in [3.05, 3.63) is 29.8 Å². The number of nitrogens with one attached hydrogen (secondary N) is 1. The van der Waals surface area contributed by atoms with Gasteiger partial charge in [-0.25, -0.2) is 4.79 Å². The third-order valence-electron chi connectivity index (χ3n) is 5.13. The third kappa shape index (κ3) is 5.71. The second-order valence-electron chi connectivity index (χ2n) is 7.24. The number of nitrogens with two attached hydrogens (primary N) is 1. The second kappa shape index (κ2) is 10.6. The average molecular weight is 419 g/mol. The summed E-state index contributed by atoms with van der Waals surface area (Å²) in [7, 11) is 1.56. The Kier molecular flexibility index (Phi) is 8.20. The molecule has 0 bridgehead atoms. The van der Waals surface area contributed by atoms with Crippen LogP contribution in [0.5, 0.6) is 5.75 Å². The van der Waals surface area contributed by atoms with E-state index in [1.54, 1.807) is 24.1 Å². The Labute approximate surface area is 175 Å². The van der Waals surface area contributed by atoms with Crippen molar-refractivity contribution in [2.24, 2.45) is 11.7 Å². The topological polar surface area (TPSA) is 128 Å². The van der Waals surface area contributed by atoms with Crippen molar-refractivity contribution in [1.82, 2.24) is 10.2 Å². The van der Waals surface area contributed by atoms with Crippen LogP contribution in [0.15, 0.2) is 24.3 Å². The summed E-state index contributed by atoms with van der Waals surface area (Å²) in [6.07, 6.45) is 1.04. The van der Waals surface area contributed by atoms with Gasteiger partial charge in [0.15, 0.2) is 6.10 Å². The van der Waals surface area contributed by atoms with Gasteiger partial charge in [-0.15, -0.1) is 0 Å². The quantitative estimate of drug-likeness (QED) is 0.620. The normalized spacial score (nSPS) is 19.7. The molecule has 9 heteroatoms. The highest BCUT2D eigenvalue weighted by Crippen LogP contribution is 2.38. The molecule has 1 fully saturated rings. The van der Waals surface area contributed by atoms with Crippen LogP contribution in [0.4, 0.5) is 4.79 Å². The number of hydrogen-bond donors (Lipinski definition) is 2. The van der Waals surface area contributed by atoms with Gasteiger partial charge in [0.2, 0.25) is 5.91 Å². The zero-order valence-corrected chi connectivity index (χ0v) is 17.6. The number of carbonyl (C=O) groups excluding carboxylic acids is 4. The standard InChI is InChI=1S/C21H29N3O6/c1-4-5-12-24-17(25)11-10-16(18(24)14-6-8-15(29-3)9-7-14)20(27)30-13(2)19(26)23-21(22)28/h6-9,13,16,18H,4-5,10-12H2,1-3H3,(H3,22,23,26,28)/t13-,16-,18-/m0/s1. The van der Waals surface area contributed by atoms with Gasteiger partial charge < -0.3 is 20.1 Å². The molecule has 1 heterocycles. The molecule has 1 saturated heterocycles. The van der Waals surface area contributed by atoms with Crippen molar-refractivity contribution in [3.63, 3.8) is 0 Å². The van der Waals surface area contributed by atoms with E-state index in [1.165, 1.54) is 6.92 Å². The van der Waals surface area contributed by atoms with Gasteiger partial charge in [0.25, 0.3) is 5.91 Å². The number of benzene rings is 1. The van der Waals surface area contributed by atoms with Crippen LogP contribution in [0.3, 0.4) is 0 Å². The number of nitrogens with zero attached hydrogens (tertiary/aromatic N) is 1. The van der Waals surface area contributed by atoms with Gasteiger partial charge in [0, 0.05) is 13.0 Å². The van der Waals surface area contributed by atoms with Crippen molar-refractivity contribution < 1.29 is 28.7 Å². The fourth-order valence-electron chi connectivity index (χ4n) is 3.54. The zero-order valence-electron chi connectivity index (χ0n) is 17.6. The Morgan fingerprint density at radius 3 is 2.50 bits per heavy atom. The molecule has 0 radical (unpaired) electrons. The largest absolute Gasteiger partial charge is 0.497 e. The monoisotopic (exact) mass is 419 g/mol. The molecule has 1 aromatic carbocycles. The second-order valence-corrected chi connectivity index (χ2v) is 7.24. The molecule has 0 aliphatic carbocycles. The fourth-order valence-corrected chi connectivity index (χ4v) is 3.54. The highest BCUT2D eigenvalue weighted by Gasteiger charge is 2.42. The molecule has 3 N–H and O–H groups in total. The van der Waals surface area contributed by atoms with Crippen molar-refractivity contribution in [2.45, 2.75) is 51.7 Å². The number of imide groups is 1. The number of piperidine rings is 1. The minimum Gasteiger partial charge on any atom is -0.497 e. The van der Waals surface area contributed by atoms with E-state index in [2.05, 4.69) is 0 Å². The molecule has 3 atom stereocenters. The minimum absolute atomic E-state index is 0.0205. The van der Waals surface area contributed by atoms with Gasteiger partial charge in [-0.05, 0) is 37.5 Å². The number of methoxy groups -OCH3 is 1. The lowest BCUT2D eigenvalue weighted by Gasteiger charge is -2.40. The minimum atomic E-state index is -1.19. The van der Waals surface area contributed by atoms with E-state index in [-0.39, 0.29) is 12.3 Å². The van der Waals surface area contributed by atoms with Crippen molar-refractivity contribution in [1.29, 1.82) is 0 Å². The summed E-state index contributed by atoms with van der Waals surface area (Å²) in [6, 6.07) is 5.67. The van der Waals surface area contributed by atoms with Crippen LogP contribution in [0.25, 0.3) is 0 Å². The lowest BCUT2D eigenvalue weighted by Crippen LogP contribution is -2.48. The number of esters is 1. The molecule has 4 amide bonds. The molecule has 2 rings (SSSR count). The number of urea groups is 1. The van der Waals surface area contributed by atoms with E-state index < -0.39 is 36.0 Å². The number of unbranched alkanes of at least 4 members (excludes halogenated alkanes) is 1. The maximum atomic E-state index is 13.0. The van der Waals surface area contributed by atoms with Crippen LogP contribution in [-0.2, 0) is 19.1 Å². The summed E-state index contributed by atoms with van der Waals surface area (Å²) in [6.45, 7) is 3.91. The summed E-state index contributed by atoms with van der Waals surface area (Å²) in [5.41, 5.74) is 5.73. The van der Waals surface area contributed by atoms with Gasteiger partial charge in [-0.1, -0.05) is 25.5 Å². The molecule has 1 aromatic rings. The SMILES string of the molecule is CCCCN1C(=O)CC[C@H](C(=O)O[C@@H](C)C(=O)NC(N)=O)[C@@H]1c1ccc(OC)cc1. The molecule has 1 aliphatic rings. The molecule has 30 heavy (non-hydrogen) atoms. The lowest BCUT2D eigenvalue weighted by molar-refractivity contribution is -0.164. The first-order chi connectivity index (χ1) is 14.3. The van der Waals surface area contributed by atoms with Gasteiger partial charge in [-0.3, -0.25) is 19.7 Å².